The van der Waals surface area contributed by atoms with Crippen LogP contribution in [0.4, 0.5) is 0 Å². The summed E-state index contributed by atoms with van der Waals surface area (Å²) in [7, 11) is -0.425. The van der Waals surface area contributed by atoms with Gasteiger partial charge in [-0.15, -0.1) is 0 Å². The van der Waals surface area contributed by atoms with Gasteiger partial charge in [-0.05, 0) is 40.0 Å². The predicted octanol–water partition coefficient (Wildman–Crippen LogP) is 4.65. The fourth-order valence-corrected chi connectivity index (χ4v) is 6.88. The first-order chi connectivity index (χ1) is 9.09. The fraction of sp³-hybridized carbons (Fsp3) is 0.176. The summed E-state index contributed by atoms with van der Waals surface area (Å²) in [5.41, 5.74) is 1.55. The highest BCUT2D eigenvalue weighted by Crippen LogP contribution is 2.53. The van der Waals surface area contributed by atoms with Crippen LogP contribution < -0.4 is 10.6 Å². The molecule has 0 fully saturated rings. The van der Waals surface area contributed by atoms with Gasteiger partial charge < -0.3 is 0 Å². The second kappa shape index (κ2) is 4.89. The largest absolute Gasteiger partial charge is 0.0622 e. The molecule has 2 aromatic carbocycles. The zero-order chi connectivity index (χ0) is 13.5. The van der Waals surface area contributed by atoms with Crippen molar-refractivity contribution >= 4 is 34.5 Å². The lowest BCUT2D eigenvalue weighted by Gasteiger charge is -2.34. The molecule has 0 spiro atoms. The highest BCUT2D eigenvalue weighted by atomic mass is 79.9. The van der Waals surface area contributed by atoms with Crippen LogP contribution in [0, 0.1) is 0 Å². The molecule has 19 heavy (non-hydrogen) atoms. The molecule has 0 aliphatic carbocycles. The maximum atomic E-state index is 3.83. The molecule has 0 saturated heterocycles. The number of rotatable bonds is 1. The monoisotopic (exact) mass is 330 g/mol. The van der Waals surface area contributed by atoms with Gasteiger partial charge in [-0.25, -0.2) is 0 Å². The van der Waals surface area contributed by atoms with Gasteiger partial charge in [0, 0.05) is 9.64 Å². The van der Waals surface area contributed by atoms with Crippen molar-refractivity contribution in [2.75, 3.05) is 0 Å². The quantitative estimate of drug-likeness (QED) is 0.668. The fourth-order valence-electron chi connectivity index (χ4n) is 2.61. The molecule has 0 aromatic heterocycles. The minimum atomic E-state index is -0.425. The minimum absolute atomic E-state index is 0.100. The molecule has 0 N–H and O–H groups in total. The average molecular weight is 331 g/mol. The van der Waals surface area contributed by atoms with E-state index in [1.165, 1.54) is 20.4 Å². The zero-order valence-electron chi connectivity index (χ0n) is 11.1. The Hall–Kier alpha value is -0.910. The average Bonchev–Trinajstić information content (AvgIpc) is 2.39. The Morgan fingerprint density at radius 1 is 0.895 bits per heavy atom. The molecule has 1 atom stereocenters. The lowest BCUT2D eigenvalue weighted by Crippen LogP contribution is -2.29. The molecule has 2 heteroatoms. The van der Waals surface area contributed by atoms with Gasteiger partial charge in [0.15, 0.2) is 0 Å². The van der Waals surface area contributed by atoms with E-state index in [0.29, 0.717) is 0 Å². The summed E-state index contributed by atoms with van der Waals surface area (Å²) in [6.07, 6.45) is 2.37. The Balaban J connectivity index is 2.22. The number of hydrogen-bond donors (Lipinski definition) is 0. The molecule has 96 valence electrons. The van der Waals surface area contributed by atoms with Gasteiger partial charge in [0.2, 0.25) is 0 Å². The topological polar surface area (TPSA) is 0 Å². The SMILES string of the molecule is CC1(C)C=C(Br)P(c2ccccc2)c2ccccc21. The van der Waals surface area contributed by atoms with Crippen LogP contribution in [0.25, 0.3) is 0 Å². The summed E-state index contributed by atoms with van der Waals surface area (Å²) in [5.74, 6) is 0. The van der Waals surface area contributed by atoms with E-state index in [2.05, 4.69) is 90.5 Å². The van der Waals surface area contributed by atoms with Gasteiger partial charge in [-0.1, -0.05) is 74.5 Å². The Bertz CT molecular complexity index is 629. The molecule has 0 amide bonds. The van der Waals surface area contributed by atoms with Crippen LogP contribution in [0.1, 0.15) is 19.4 Å². The Morgan fingerprint density at radius 3 is 2.26 bits per heavy atom. The van der Waals surface area contributed by atoms with Crippen molar-refractivity contribution in [2.45, 2.75) is 19.3 Å². The number of benzene rings is 2. The molecule has 0 saturated carbocycles. The first-order valence-corrected chi connectivity index (χ1v) is 8.56. The van der Waals surface area contributed by atoms with E-state index in [4.69, 9.17) is 0 Å². The van der Waals surface area contributed by atoms with Crippen molar-refractivity contribution in [1.29, 1.82) is 0 Å². The van der Waals surface area contributed by atoms with Gasteiger partial charge in [0.1, 0.15) is 0 Å². The number of fused-ring (bicyclic) bond motifs is 1. The normalized spacial score (nSPS) is 20.6. The van der Waals surface area contributed by atoms with E-state index in [9.17, 15) is 0 Å². The molecule has 2 aromatic rings. The molecule has 1 aliphatic rings. The van der Waals surface area contributed by atoms with Crippen LogP contribution in [0.2, 0.25) is 0 Å². The van der Waals surface area contributed by atoms with E-state index in [-0.39, 0.29) is 5.41 Å². The smallest absolute Gasteiger partial charge is 0.0245 e. The van der Waals surface area contributed by atoms with Crippen LogP contribution >= 0.6 is 23.9 Å². The number of allylic oxidation sites excluding steroid dienone is 1. The molecule has 1 heterocycles. The Morgan fingerprint density at radius 2 is 1.53 bits per heavy atom. The highest BCUT2D eigenvalue weighted by molar-refractivity contribution is 9.13. The summed E-state index contributed by atoms with van der Waals surface area (Å²) in [4.78, 5) is 0. The van der Waals surface area contributed by atoms with Crippen LogP contribution in [0.5, 0.6) is 0 Å². The summed E-state index contributed by atoms with van der Waals surface area (Å²) < 4.78 is 1.33. The lowest BCUT2D eigenvalue weighted by atomic mass is 9.85. The van der Waals surface area contributed by atoms with Gasteiger partial charge in [-0.2, -0.15) is 0 Å². The van der Waals surface area contributed by atoms with E-state index in [1.807, 2.05) is 0 Å². The van der Waals surface area contributed by atoms with E-state index < -0.39 is 7.92 Å². The van der Waals surface area contributed by atoms with E-state index in [1.54, 1.807) is 0 Å². The highest BCUT2D eigenvalue weighted by Gasteiger charge is 2.32. The van der Waals surface area contributed by atoms with Gasteiger partial charge in [-0.3, -0.25) is 0 Å². The first kappa shape index (κ1) is 13.1. The first-order valence-electron chi connectivity index (χ1n) is 6.43. The molecule has 1 aliphatic heterocycles. The third-order valence-corrected chi connectivity index (χ3v) is 7.08. The van der Waals surface area contributed by atoms with Crippen molar-refractivity contribution in [3.05, 3.63) is 70.5 Å². The standard InChI is InChI=1S/C17H16BrP/c1-17(2)12-16(18)19(13-8-4-3-5-9-13)15-11-7-6-10-14(15)17/h3-12H,1-2H3. The van der Waals surface area contributed by atoms with E-state index >= 15 is 0 Å². The molecule has 1 unspecified atom stereocenters. The Labute approximate surface area is 124 Å². The van der Waals surface area contributed by atoms with Gasteiger partial charge >= 0.3 is 0 Å². The van der Waals surface area contributed by atoms with Crippen molar-refractivity contribution in [3.63, 3.8) is 0 Å². The number of hydrogen-bond acceptors (Lipinski definition) is 0. The van der Waals surface area contributed by atoms with Crippen LogP contribution in [-0.4, -0.2) is 0 Å². The summed E-state index contributed by atoms with van der Waals surface area (Å²) in [5, 5.41) is 2.88. The molecule has 0 radical (unpaired) electrons. The summed E-state index contributed by atoms with van der Waals surface area (Å²) >= 11 is 3.83. The number of halogens is 1. The van der Waals surface area contributed by atoms with Gasteiger partial charge in [0.25, 0.3) is 0 Å². The lowest BCUT2D eigenvalue weighted by molar-refractivity contribution is 0.673. The molecule has 0 bridgehead atoms. The molecular formula is C17H16BrP. The van der Waals surface area contributed by atoms with Crippen LogP contribution in [0.15, 0.2) is 64.9 Å². The van der Waals surface area contributed by atoms with Crippen LogP contribution in [0.3, 0.4) is 0 Å². The maximum Gasteiger partial charge on any atom is 0.0245 e. The van der Waals surface area contributed by atoms with E-state index in [0.717, 1.165) is 0 Å². The minimum Gasteiger partial charge on any atom is -0.0622 e. The molecule has 0 nitrogen and oxygen atoms in total. The molecule has 3 rings (SSSR count). The second-order valence-corrected chi connectivity index (χ2v) is 8.99. The predicted molar refractivity (Wildman–Crippen MR) is 89.1 cm³/mol. The second-order valence-electron chi connectivity index (χ2n) is 5.38. The van der Waals surface area contributed by atoms with Gasteiger partial charge in [0.05, 0.1) is 0 Å². The third-order valence-electron chi connectivity index (χ3n) is 3.55. The third kappa shape index (κ3) is 2.30. The van der Waals surface area contributed by atoms with Crippen molar-refractivity contribution in [3.8, 4) is 0 Å². The zero-order valence-corrected chi connectivity index (χ0v) is 13.6. The van der Waals surface area contributed by atoms with Crippen molar-refractivity contribution in [1.82, 2.24) is 0 Å². The summed E-state index contributed by atoms with van der Waals surface area (Å²) in [6.45, 7) is 4.56. The molecular weight excluding hydrogens is 315 g/mol. The maximum absolute atomic E-state index is 3.83. The van der Waals surface area contributed by atoms with Crippen molar-refractivity contribution < 1.29 is 0 Å². The van der Waals surface area contributed by atoms with Crippen molar-refractivity contribution in [2.24, 2.45) is 0 Å². The van der Waals surface area contributed by atoms with Crippen LogP contribution in [-0.2, 0) is 5.41 Å². The summed E-state index contributed by atoms with van der Waals surface area (Å²) in [6, 6.07) is 19.6. The Kier molecular flexibility index (Phi) is 3.37.